The van der Waals surface area contributed by atoms with Gasteiger partial charge in [-0.15, -0.1) is 0 Å². The average Bonchev–Trinajstić information content (AvgIpc) is 2.65. The molecule has 0 bridgehead atoms. The van der Waals surface area contributed by atoms with Gasteiger partial charge < -0.3 is 9.53 Å². The first kappa shape index (κ1) is 13.1. The van der Waals surface area contributed by atoms with Crippen molar-refractivity contribution < 1.29 is 9.53 Å². The minimum Gasteiger partial charge on any atom is -0.381 e. The lowest BCUT2D eigenvalue weighted by Gasteiger charge is -2.42. The van der Waals surface area contributed by atoms with E-state index in [4.69, 9.17) is 4.74 Å². The van der Waals surface area contributed by atoms with Gasteiger partial charge in [0, 0.05) is 12.5 Å². The summed E-state index contributed by atoms with van der Waals surface area (Å²) in [6.07, 6.45) is 13.8. The highest BCUT2D eigenvalue weighted by Gasteiger charge is 2.43. The molecule has 0 aliphatic heterocycles. The van der Waals surface area contributed by atoms with Crippen molar-refractivity contribution in [2.24, 2.45) is 11.3 Å². The SMILES string of the molecule is CO[C@H]1CCCC[C@@H]1C1(C=O)CCCCCC1. The van der Waals surface area contributed by atoms with Gasteiger partial charge in [0.25, 0.3) is 0 Å². The predicted octanol–water partition coefficient (Wildman–Crippen LogP) is 3.73. The van der Waals surface area contributed by atoms with Crippen molar-refractivity contribution in [3.63, 3.8) is 0 Å². The Morgan fingerprint density at radius 2 is 1.65 bits per heavy atom. The molecule has 0 aromatic carbocycles. The quantitative estimate of drug-likeness (QED) is 0.553. The van der Waals surface area contributed by atoms with Crippen molar-refractivity contribution in [2.45, 2.75) is 70.3 Å². The van der Waals surface area contributed by atoms with Crippen LogP contribution in [-0.4, -0.2) is 19.5 Å². The predicted molar refractivity (Wildman–Crippen MR) is 69.0 cm³/mol. The number of carbonyl (C=O) groups is 1. The van der Waals surface area contributed by atoms with Gasteiger partial charge in [-0.2, -0.15) is 0 Å². The van der Waals surface area contributed by atoms with Crippen LogP contribution in [0.5, 0.6) is 0 Å². The van der Waals surface area contributed by atoms with E-state index in [1.54, 1.807) is 0 Å². The molecule has 2 heteroatoms. The monoisotopic (exact) mass is 238 g/mol. The molecule has 2 saturated carbocycles. The summed E-state index contributed by atoms with van der Waals surface area (Å²) < 4.78 is 5.67. The molecule has 2 fully saturated rings. The highest BCUT2D eigenvalue weighted by atomic mass is 16.5. The Morgan fingerprint density at radius 1 is 1.00 bits per heavy atom. The molecular formula is C15H26O2. The molecule has 0 heterocycles. The maximum absolute atomic E-state index is 11.7. The zero-order chi connectivity index (χ0) is 12.1. The number of ether oxygens (including phenoxy) is 1. The van der Waals surface area contributed by atoms with Crippen LogP contribution < -0.4 is 0 Å². The van der Waals surface area contributed by atoms with Crippen molar-refractivity contribution in [1.82, 2.24) is 0 Å². The van der Waals surface area contributed by atoms with Crippen molar-refractivity contribution >= 4 is 6.29 Å². The van der Waals surface area contributed by atoms with E-state index in [0.717, 1.165) is 19.3 Å². The first-order chi connectivity index (χ1) is 8.32. The van der Waals surface area contributed by atoms with Gasteiger partial charge in [-0.3, -0.25) is 0 Å². The molecule has 2 aliphatic carbocycles. The van der Waals surface area contributed by atoms with Crippen molar-refractivity contribution in [3.8, 4) is 0 Å². The molecule has 0 radical (unpaired) electrons. The maximum Gasteiger partial charge on any atom is 0.126 e. The summed E-state index contributed by atoms with van der Waals surface area (Å²) in [5, 5.41) is 0. The number of rotatable bonds is 3. The Kier molecular flexibility index (Phi) is 4.61. The molecule has 2 aliphatic rings. The zero-order valence-corrected chi connectivity index (χ0v) is 11.1. The number of methoxy groups -OCH3 is 1. The molecule has 2 nitrogen and oxygen atoms in total. The van der Waals surface area contributed by atoms with E-state index in [2.05, 4.69) is 0 Å². The van der Waals surface area contributed by atoms with E-state index in [9.17, 15) is 4.79 Å². The van der Waals surface area contributed by atoms with Gasteiger partial charge in [0.2, 0.25) is 0 Å². The van der Waals surface area contributed by atoms with E-state index >= 15 is 0 Å². The second-order valence-corrected chi connectivity index (χ2v) is 5.93. The lowest BCUT2D eigenvalue weighted by Crippen LogP contribution is -2.42. The van der Waals surface area contributed by atoms with Crippen LogP contribution in [0.3, 0.4) is 0 Å². The van der Waals surface area contributed by atoms with Gasteiger partial charge in [0.15, 0.2) is 0 Å². The first-order valence-corrected chi connectivity index (χ1v) is 7.31. The Balaban J connectivity index is 2.15. The number of aldehydes is 1. The molecule has 17 heavy (non-hydrogen) atoms. The van der Waals surface area contributed by atoms with Gasteiger partial charge in [-0.25, -0.2) is 0 Å². The van der Waals surface area contributed by atoms with Crippen LogP contribution in [0.25, 0.3) is 0 Å². The second kappa shape index (κ2) is 5.99. The fourth-order valence-corrected chi connectivity index (χ4v) is 4.00. The van der Waals surface area contributed by atoms with Crippen LogP contribution >= 0.6 is 0 Å². The molecule has 0 amide bonds. The van der Waals surface area contributed by atoms with Gasteiger partial charge in [0.05, 0.1) is 6.10 Å². The van der Waals surface area contributed by atoms with E-state index in [-0.39, 0.29) is 5.41 Å². The maximum atomic E-state index is 11.7. The second-order valence-electron chi connectivity index (χ2n) is 5.93. The van der Waals surface area contributed by atoms with Crippen LogP contribution in [-0.2, 0) is 9.53 Å². The van der Waals surface area contributed by atoms with Crippen LogP contribution in [0.15, 0.2) is 0 Å². The lowest BCUT2D eigenvalue weighted by atomic mass is 9.64. The Morgan fingerprint density at radius 3 is 2.24 bits per heavy atom. The van der Waals surface area contributed by atoms with Crippen molar-refractivity contribution in [2.75, 3.05) is 7.11 Å². The van der Waals surface area contributed by atoms with Crippen LogP contribution in [0.4, 0.5) is 0 Å². The fourth-order valence-electron chi connectivity index (χ4n) is 4.00. The smallest absolute Gasteiger partial charge is 0.126 e. The van der Waals surface area contributed by atoms with Crippen LogP contribution in [0, 0.1) is 11.3 Å². The van der Waals surface area contributed by atoms with Crippen LogP contribution in [0.1, 0.15) is 64.2 Å². The summed E-state index contributed by atoms with van der Waals surface area (Å²) in [5.41, 5.74) is -0.0579. The van der Waals surface area contributed by atoms with E-state index in [1.807, 2.05) is 7.11 Å². The summed E-state index contributed by atoms with van der Waals surface area (Å²) in [7, 11) is 1.82. The molecule has 0 spiro atoms. The van der Waals surface area contributed by atoms with E-state index in [0.29, 0.717) is 12.0 Å². The molecule has 0 N–H and O–H groups in total. The van der Waals surface area contributed by atoms with Crippen LogP contribution in [0.2, 0.25) is 0 Å². The minimum absolute atomic E-state index is 0.0579. The Hall–Kier alpha value is -0.370. The summed E-state index contributed by atoms with van der Waals surface area (Å²) in [6, 6.07) is 0. The molecule has 0 aromatic heterocycles. The number of carbonyl (C=O) groups excluding carboxylic acids is 1. The lowest BCUT2D eigenvalue weighted by molar-refractivity contribution is -0.127. The molecular weight excluding hydrogens is 212 g/mol. The molecule has 0 unspecified atom stereocenters. The first-order valence-electron chi connectivity index (χ1n) is 7.31. The fraction of sp³-hybridized carbons (Fsp3) is 0.933. The van der Waals surface area contributed by atoms with Crippen molar-refractivity contribution in [1.29, 1.82) is 0 Å². The number of hydrogen-bond donors (Lipinski definition) is 0. The van der Waals surface area contributed by atoms with Gasteiger partial charge in [-0.1, -0.05) is 38.5 Å². The summed E-state index contributed by atoms with van der Waals surface area (Å²) in [6.45, 7) is 0. The topological polar surface area (TPSA) is 26.3 Å². The minimum atomic E-state index is -0.0579. The highest BCUT2D eigenvalue weighted by molar-refractivity contribution is 5.60. The third-order valence-electron chi connectivity index (χ3n) is 5.01. The third kappa shape index (κ3) is 2.73. The largest absolute Gasteiger partial charge is 0.381 e. The summed E-state index contributed by atoms with van der Waals surface area (Å²) in [5.74, 6) is 0.483. The Bertz CT molecular complexity index is 241. The normalized spacial score (nSPS) is 33.9. The molecule has 2 rings (SSSR count). The summed E-state index contributed by atoms with van der Waals surface area (Å²) >= 11 is 0. The molecule has 2 atom stereocenters. The summed E-state index contributed by atoms with van der Waals surface area (Å²) in [4.78, 5) is 11.7. The van der Waals surface area contributed by atoms with Gasteiger partial charge >= 0.3 is 0 Å². The van der Waals surface area contributed by atoms with Gasteiger partial charge in [0.1, 0.15) is 6.29 Å². The van der Waals surface area contributed by atoms with E-state index < -0.39 is 0 Å². The third-order valence-corrected chi connectivity index (χ3v) is 5.01. The number of hydrogen-bond acceptors (Lipinski definition) is 2. The van der Waals surface area contributed by atoms with Gasteiger partial charge in [-0.05, 0) is 31.6 Å². The average molecular weight is 238 g/mol. The highest BCUT2D eigenvalue weighted by Crippen LogP contribution is 2.46. The molecule has 0 aromatic rings. The molecule has 98 valence electrons. The zero-order valence-electron chi connectivity index (χ0n) is 11.1. The Labute approximate surface area is 105 Å². The standard InChI is InChI=1S/C15H26O2/c1-17-14-9-5-4-8-13(14)15(12-16)10-6-2-3-7-11-15/h12-14H,2-11H2,1H3/t13-,14-/m0/s1. The van der Waals surface area contributed by atoms with Crippen molar-refractivity contribution in [3.05, 3.63) is 0 Å². The van der Waals surface area contributed by atoms with E-state index in [1.165, 1.54) is 51.2 Å². The molecule has 0 saturated heterocycles.